The average Bonchev–Trinajstić information content (AvgIpc) is 3.00. The Bertz CT molecular complexity index is 1450. The fraction of sp³-hybridized carbons (Fsp3) is 0.432. The Kier molecular flexibility index (Phi) is 11.7. The molecule has 1 heterocycles. The van der Waals surface area contributed by atoms with Crippen LogP contribution in [-0.4, -0.2) is 45.4 Å². The van der Waals surface area contributed by atoms with E-state index >= 15 is 0 Å². The highest BCUT2D eigenvalue weighted by Gasteiger charge is 2.48. The van der Waals surface area contributed by atoms with Gasteiger partial charge in [0.05, 0.1) is 23.7 Å². The summed E-state index contributed by atoms with van der Waals surface area (Å²) in [7, 11) is 0. The molecular weight excluding hydrogens is 589 g/mol. The normalized spacial score (nSPS) is 17.2. The number of anilines is 1. The van der Waals surface area contributed by atoms with Gasteiger partial charge in [0.1, 0.15) is 5.82 Å². The topological polar surface area (TPSA) is 124 Å². The molecule has 4 rings (SSSR count). The van der Waals surface area contributed by atoms with Crippen molar-refractivity contribution < 1.29 is 38.8 Å². The molecule has 246 valence electrons. The number of aryl methyl sites for hydroxylation is 2. The van der Waals surface area contributed by atoms with Gasteiger partial charge in [-0.25, -0.2) is 4.39 Å². The lowest BCUT2D eigenvalue weighted by atomic mass is 9.78. The van der Waals surface area contributed by atoms with Gasteiger partial charge in [-0.3, -0.25) is 14.4 Å². The zero-order chi connectivity index (χ0) is 33.4. The molecule has 0 aliphatic carbocycles. The Labute approximate surface area is 269 Å². The number of aliphatic carboxylic acids is 2. The molecular formula is C37H44FNO7. The van der Waals surface area contributed by atoms with Crippen LogP contribution < -0.4 is 4.90 Å². The highest BCUT2D eigenvalue weighted by molar-refractivity contribution is 6.03. The van der Waals surface area contributed by atoms with Gasteiger partial charge in [0.15, 0.2) is 5.92 Å². The first kappa shape index (κ1) is 34.8. The van der Waals surface area contributed by atoms with Gasteiger partial charge in [0.2, 0.25) is 5.91 Å². The number of carboxylic acids is 2. The van der Waals surface area contributed by atoms with Crippen LogP contribution >= 0.6 is 0 Å². The lowest BCUT2D eigenvalue weighted by Gasteiger charge is -2.48. The van der Waals surface area contributed by atoms with Gasteiger partial charge in [-0.15, -0.1) is 0 Å². The fourth-order valence-electron chi connectivity index (χ4n) is 5.91. The Morgan fingerprint density at radius 2 is 1.41 bits per heavy atom. The second-order valence-corrected chi connectivity index (χ2v) is 13.0. The molecule has 0 radical (unpaired) electrons. The van der Waals surface area contributed by atoms with Crippen molar-refractivity contribution in [3.05, 3.63) is 101 Å². The van der Waals surface area contributed by atoms with Crippen molar-refractivity contribution in [2.24, 2.45) is 11.8 Å². The van der Waals surface area contributed by atoms with Gasteiger partial charge in [-0.05, 0) is 112 Å². The maximum atomic E-state index is 13.6. The van der Waals surface area contributed by atoms with Crippen molar-refractivity contribution in [2.75, 3.05) is 11.5 Å². The summed E-state index contributed by atoms with van der Waals surface area (Å²) in [5.41, 5.74) is 4.24. The largest absolute Gasteiger partial charge is 0.481 e. The standard InChI is InChI=1S/C37H44FNO7/c1-37(2,3)46-23-5-7-25-11-19-29(20-12-25)39-33(30(34(39)41)21-22-32(40)26-15-17-28(38)18-16-26)27-13-9-24(10-14-27)6-4-8-31(35(42)43)36(44)45/h9-20,30-33,40H,4-8,21-23H2,1-3H3,(H,42,43)(H,44,45)/t30-,32?,33-/m1/s1. The SMILES string of the molecule is CC(C)(C)OCCCc1ccc(N2C(=O)[C@H](CCC(O)c3ccc(F)cc3)[C@H]2c2ccc(CCCC(C(=O)O)C(=O)O)cc2)cc1. The molecule has 9 heteroatoms. The predicted octanol–water partition coefficient (Wildman–Crippen LogP) is 6.90. The maximum Gasteiger partial charge on any atom is 0.317 e. The van der Waals surface area contributed by atoms with Crippen LogP contribution in [0.15, 0.2) is 72.8 Å². The van der Waals surface area contributed by atoms with Gasteiger partial charge in [0, 0.05) is 12.3 Å². The molecule has 1 amide bonds. The van der Waals surface area contributed by atoms with Crippen LogP contribution in [0.5, 0.6) is 0 Å². The Morgan fingerprint density at radius 1 is 0.848 bits per heavy atom. The molecule has 1 saturated heterocycles. The Hall–Kier alpha value is -4.08. The van der Waals surface area contributed by atoms with E-state index in [0.29, 0.717) is 37.9 Å². The molecule has 8 nitrogen and oxygen atoms in total. The second kappa shape index (κ2) is 15.5. The van der Waals surface area contributed by atoms with E-state index in [2.05, 4.69) is 0 Å². The summed E-state index contributed by atoms with van der Waals surface area (Å²) < 4.78 is 19.2. The van der Waals surface area contributed by atoms with E-state index < -0.39 is 24.0 Å². The van der Waals surface area contributed by atoms with Crippen molar-refractivity contribution in [3.8, 4) is 0 Å². The number of hydrogen-bond acceptors (Lipinski definition) is 5. The molecule has 3 atom stereocenters. The van der Waals surface area contributed by atoms with E-state index in [1.54, 1.807) is 17.0 Å². The molecule has 46 heavy (non-hydrogen) atoms. The molecule has 1 fully saturated rings. The van der Waals surface area contributed by atoms with E-state index in [4.69, 9.17) is 14.9 Å². The smallest absolute Gasteiger partial charge is 0.317 e. The number of nitrogens with zero attached hydrogens (tertiary/aromatic N) is 1. The van der Waals surface area contributed by atoms with Crippen LogP contribution in [0.3, 0.4) is 0 Å². The minimum absolute atomic E-state index is 0.0277. The minimum Gasteiger partial charge on any atom is -0.481 e. The lowest BCUT2D eigenvalue weighted by Crippen LogP contribution is -2.55. The highest BCUT2D eigenvalue weighted by atomic mass is 19.1. The second-order valence-electron chi connectivity index (χ2n) is 13.0. The number of benzene rings is 3. The Morgan fingerprint density at radius 3 is 1.98 bits per heavy atom. The molecule has 3 N–H and O–H groups in total. The lowest BCUT2D eigenvalue weighted by molar-refractivity contribution is -0.154. The molecule has 0 spiro atoms. The zero-order valence-corrected chi connectivity index (χ0v) is 26.7. The summed E-state index contributed by atoms with van der Waals surface area (Å²) in [5.74, 6) is -4.87. The Balaban J connectivity index is 1.46. The fourth-order valence-corrected chi connectivity index (χ4v) is 5.91. The third-order valence-electron chi connectivity index (χ3n) is 8.45. The van der Waals surface area contributed by atoms with Crippen molar-refractivity contribution in [1.29, 1.82) is 0 Å². The van der Waals surface area contributed by atoms with Crippen LogP contribution in [0, 0.1) is 17.7 Å². The first-order chi connectivity index (χ1) is 21.8. The van der Waals surface area contributed by atoms with Gasteiger partial charge >= 0.3 is 11.9 Å². The number of β-lactam (4-membered cyclic amide) rings is 1. The van der Waals surface area contributed by atoms with Crippen LogP contribution in [0.25, 0.3) is 0 Å². The number of carbonyl (C=O) groups is 3. The van der Waals surface area contributed by atoms with Crippen molar-refractivity contribution in [1.82, 2.24) is 0 Å². The quantitative estimate of drug-likeness (QED) is 0.0891. The number of aliphatic hydroxyl groups excluding tert-OH is 1. The third kappa shape index (κ3) is 9.23. The van der Waals surface area contributed by atoms with Crippen LogP contribution in [0.4, 0.5) is 10.1 Å². The molecule has 1 aliphatic heterocycles. The highest BCUT2D eigenvalue weighted by Crippen LogP contribution is 2.46. The van der Waals surface area contributed by atoms with E-state index in [1.165, 1.54) is 12.1 Å². The van der Waals surface area contributed by atoms with E-state index in [9.17, 15) is 23.9 Å². The molecule has 0 aromatic heterocycles. The summed E-state index contributed by atoms with van der Waals surface area (Å²) in [6.07, 6.45) is 2.68. The number of ether oxygens (including phenoxy) is 1. The van der Waals surface area contributed by atoms with Crippen molar-refractivity contribution in [3.63, 3.8) is 0 Å². The monoisotopic (exact) mass is 633 g/mol. The van der Waals surface area contributed by atoms with Crippen LogP contribution in [0.2, 0.25) is 0 Å². The summed E-state index contributed by atoms with van der Waals surface area (Å²) in [6.45, 7) is 6.77. The first-order valence-electron chi connectivity index (χ1n) is 15.9. The van der Waals surface area contributed by atoms with Gasteiger partial charge < -0.3 is 25.0 Å². The van der Waals surface area contributed by atoms with Gasteiger partial charge in [-0.1, -0.05) is 48.5 Å². The molecule has 1 aliphatic rings. The number of hydrogen-bond donors (Lipinski definition) is 3. The molecule has 0 bridgehead atoms. The zero-order valence-electron chi connectivity index (χ0n) is 26.7. The van der Waals surface area contributed by atoms with E-state index in [1.807, 2.05) is 69.3 Å². The average molecular weight is 634 g/mol. The van der Waals surface area contributed by atoms with Crippen LogP contribution in [-0.2, 0) is 32.0 Å². The third-order valence-corrected chi connectivity index (χ3v) is 8.45. The van der Waals surface area contributed by atoms with Crippen LogP contribution in [0.1, 0.15) is 87.3 Å². The molecule has 1 unspecified atom stereocenters. The molecule has 3 aromatic carbocycles. The minimum atomic E-state index is -1.43. The summed E-state index contributed by atoms with van der Waals surface area (Å²) in [6, 6.07) is 21.2. The van der Waals surface area contributed by atoms with Gasteiger partial charge in [-0.2, -0.15) is 0 Å². The van der Waals surface area contributed by atoms with Gasteiger partial charge in [0.25, 0.3) is 0 Å². The van der Waals surface area contributed by atoms with E-state index in [0.717, 1.165) is 35.2 Å². The summed E-state index contributed by atoms with van der Waals surface area (Å²) in [4.78, 5) is 37.8. The number of halogens is 1. The van der Waals surface area contributed by atoms with Crippen molar-refractivity contribution in [2.45, 2.75) is 83.5 Å². The maximum absolute atomic E-state index is 13.6. The predicted molar refractivity (Wildman–Crippen MR) is 173 cm³/mol. The number of aliphatic hydroxyl groups is 1. The summed E-state index contributed by atoms with van der Waals surface area (Å²) in [5, 5.41) is 29.0. The van der Waals surface area contributed by atoms with E-state index in [-0.39, 0.29) is 35.7 Å². The van der Waals surface area contributed by atoms with Crippen molar-refractivity contribution >= 4 is 23.5 Å². The number of rotatable bonds is 16. The molecule has 0 saturated carbocycles. The summed E-state index contributed by atoms with van der Waals surface area (Å²) >= 11 is 0. The molecule has 3 aromatic rings. The first-order valence-corrected chi connectivity index (χ1v) is 15.9. The number of carboxylic acid groups (broad SMARTS) is 2. The number of carbonyl (C=O) groups excluding carboxylic acids is 1. The number of amides is 1.